The highest BCUT2D eigenvalue weighted by Crippen LogP contribution is 2.11. The molecule has 6 nitrogen and oxygen atoms in total. The van der Waals surface area contributed by atoms with Crippen LogP contribution in [-0.2, 0) is 22.0 Å². The summed E-state index contributed by atoms with van der Waals surface area (Å²) < 4.78 is 29.6. The number of halogens is 1. The van der Waals surface area contributed by atoms with Crippen LogP contribution in [0.5, 0.6) is 5.75 Å². The van der Waals surface area contributed by atoms with Gasteiger partial charge in [-0.2, -0.15) is 0 Å². The minimum absolute atomic E-state index is 0. The van der Waals surface area contributed by atoms with Crippen LogP contribution >= 0.6 is 24.0 Å². The highest BCUT2D eigenvalue weighted by atomic mass is 127. The maximum absolute atomic E-state index is 12.2. The number of sulfone groups is 1. The minimum Gasteiger partial charge on any atom is -0.497 e. The summed E-state index contributed by atoms with van der Waals surface area (Å²) in [5.74, 6) is 1.76. The molecule has 29 heavy (non-hydrogen) atoms. The van der Waals surface area contributed by atoms with Gasteiger partial charge in [-0.1, -0.05) is 42.5 Å². The Bertz CT molecular complexity index is 841. The molecule has 0 atom stereocenters. The lowest BCUT2D eigenvalue weighted by Crippen LogP contribution is -2.39. The molecule has 0 radical (unpaired) electrons. The second-order valence-corrected chi connectivity index (χ2v) is 8.64. The van der Waals surface area contributed by atoms with Gasteiger partial charge in [0.15, 0.2) is 15.8 Å². The predicted molar refractivity (Wildman–Crippen MR) is 130 cm³/mol. The van der Waals surface area contributed by atoms with Crippen molar-refractivity contribution in [3.05, 3.63) is 65.7 Å². The van der Waals surface area contributed by atoms with Crippen LogP contribution in [0.4, 0.5) is 0 Å². The van der Waals surface area contributed by atoms with E-state index in [0.29, 0.717) is 18.9 Å². The van der Waals surface area contributed by atoms with Gasteiger partial charge in [-0.3, -0.25) is 4.99 Å². The number of guanidine groups is 1. The maximum atomic E-state index is 12.2. The Balaban J connectivity index is 0.00000420. The van der Waals surface area contributed by atoms with Crippen molar-refractivity contribution in [2.45, 2.75) is 18.6 Å². The summed E-state index contributed by atoms with van der Waals surface area (Å²) in [5, 5.41) is 6.41. The molecule has 0 fully saturated rings. The van der Waals surface area contributed by atoms with Gasteiger partial charge in [0.1, 0.15) is 5.75 Å². The van der Waals surface area contributed by atoms with Crippen molar-refractivity contribution >= 4 is 39.8 Å². The lowest BCUT2D eigenvalue weighted by molar-refractivity contribution is 0.414. The van der Waals surface area contributed by atoms with Gasteiger partial charge in [-0.15, -0.1) is 24.0 Å². The van der Waals surface area contributed by atoms with Crippen LogP contribution in [-0.4, -0.2) is 47.4 Å². The molecule has 0 spiro atoms. The average Bonchev–Trinajstić information content (AvgIpc) is 2.70. The van der Waals surface area contributed by atoms with Gasteiger partial charge in [0.05, 0.1) is 18.6 Å². The highest BCUT2D eigenvalue weighted by Gasteiger charge is 2.11. The molecule has 160 valence electrons. The first-order valence-corrected chi connectivity index (χ1v) is 11.2. The molecule has 2 aromatic rings. The van der Waals surface area contributed by atoms with Crippen LogP contribution in [0.15, 0.2) is 59.6 Å². The molecule has 0 saturated heterocycles. The Morgan fingerprint density at radius 3 is 2.24 bits per heavy atom. The first kappa shape index (κ1) is 25.2. The molecule has 8 heteroatoms. The largest absolute Gasteiger partial charge is 0.497 e. The summed E-state index contributed by atoms with van der Waals surface area (Å²) >= 11 is 0. The lowest BCUT2D eigenvalue weighted by Gasteiger charge is -2.12. The van der Waals surface area contributed by atoms with Gasteiger partial charge in [0, 0.05) is 20.1 Å². The van der Waals surface area contributed by atoms with E-state index in [9.17, 15) is 8.42 Å². The first-order chi connectivity index (χ1) is 13.5. The van der Waals surface area contributed by atoms with Crippen LogP contribution < -0.4 is 15.4 Å². The SMILES string of the molecule is CN=C(NCCCS(=O)(=O)Cc1ccccc1)NCCc1ccc(OC)cc1.I. The Morgan fingerprint density at radius 2 is 1.62 bits per heavy atom. The van der Waals surface area contributed by atoms with Crippen LogP contribution in [0, 0.1) is 0 Å². The summed E-state index contributed by atoms with van der Waals surface area (Å²) in [6.45, 7) is 1.29. The number of ether oxygens (including phenoxy) is 1. The Kier molecular flexibility index (Phi) is 11.7. The third kappa shape index (κ3) is 9.98. The molecule has 0 aromatic heterocycles. The number of rotatable bonds is 10. The summed E-state index contributed by atoms with van der Waals surface area (Å²) in [5.41, 5.74) is 2.03. The van der Waals surface area contributed by atoms with Crippen molar-refractivity contribution in [2.24, 2.45) is 4.99 Å². The second-order valence-electron chi connectivity index (χ2n) is 6.46. The molecule has 0 aliphatic rings. The standard InChI is InChI=1S/C21H29N3O3S.HI/c1-22-21(24-15-13-18-9-11-20(27-2)12-10-18)23-14-6-16-28(25,26)17-19-7-4-3-5-8-19;/h3-5,7-12H,6,13-17H2,1-2H3,(H2,22,23,24);1H. The van der Waals surface area contributed by atoms with Gasteiger partial charge in [0.2, 0.25) is 0 Å². The molecule has 0 saturated carbocycles. The number of hydrogen-bond acceptors (Lipinski definition) is 4. The molecule has 2 aromatic carbocycles. The van der Waals surface area contributed by atoms with E-state index in [2.05, 4.69) is 15.6 Å². The van der Waals surface area contributed by atoms with Crippen molar-refractivity contribution in [1.29, 1.82) is 0 Å². The zero-order valence-corrected chi connectivity index (χ0v) is 20.1. The van der Waals surface area contributed by atoms with E-state index in [1.165, 1.54) is 5.56 Å². The Morgan fingerprint density at radius 1 is 0.966 bits per heavy atom. The van der Waals surface area contributed by atoms with Gasteiger partial charge >= 0.3 is 0 Å². The van der Waals surface area contributed by atoms with Crippen molar-refractivity contribution in [2.75, 3.05) is 33.0 Å². The van der Waals surface area contributed by atoms with E-state index < -0.39 is 9.84 Å². The molecule has 2 rings (SSSR count). The van der Waals surface area contributed by atoms with Crippen LogP contribution in [0.2, 0.25) is 0 Å². The normalized spacial score (nSPS) is 11.4. The van der Waals surface area contributed by atoms with Gasteiger partial charge in [-0.05, 0) is 36.1 Å². The number of methoxy groups -OCH3 is 1. The van der Waals surface area contributed by atoms with Crippen molar-refractivity contribution in [1.82, 2.24) is 10.6 Å². The van der Waals surface area contributed by atoms with Crippen LogP contribution in [0.3, 0.4) is 0 Å². The second kappa shape index (κ2) is 13.4. The van der Waals surface area contributed by atoms with Crippen LogP contribution in [0.25, 0.3) is 0 Å². The molecule has 0 aliphatic carbocycles. The fourth-order valence-electron chi connectivity index (χ4n) is 2.74. The van der Waals surface area contributed by atoms with E-state index in [-0.39, 0.29) is 35.5 Å². The molecule has 0 amide bonds. The molecule has 0 bridgehead atoms. The summed E-state index contributed by atoms with van der Waals surface area (Å²) in [6, 6.07) is 17.2. The smallest absolute Gasteiger partial charge is 0.190 e. The van der Waals surface area contributed by atoms with E-state index in [0.717, 1.165) is 24.3 Å². The van der Waals surface area contributed by atoms with E-state index in [1.54, 1.807) is 14.2 Å². The zero-order chi connectivity index (χ0) is 20.2. The average molecular weight is 531 g/mol. The quantitative estimate of drug-likeness (QED) is 0.213. The summed E-state index contributed by atoms with van der Waals surface area (Å²) in [4.78, 5) is 4.17. The van der Waals surface area contributed by atoms with Crippen molar-refractivity contribution in [3.8, 4) is 5.75 Å². The van der Waals surface area contributed by atoms with Gasteiger partial charge in [0.25, 0.3) is 0 Å². The monoisotopic (exact) mass is 531 g/mol. The number of aliphatic imine (C=N–C) groups is 1. The number of nitrogens with one attached hydrogen (secondary N) is 2. The fourth-order valence-corrected chi connectivity index (χ4v) is 4.17. The fraction of sp³-hybridized carbons (Fsp3) is 0.381. The van der Waals surface area contributed by atoms with Gasteiger partial charge < -0.3 is 15.4 Å². The summed E-state index contributed by atoms with van der Waals surface area (Å²) in [6.07, 6.45) is 1.39. The van der Waals surface area contributed by atoms with Crippen molar-refractivity contribution in [3.63, 3.8) is 0 Å². The molecule has 0 heterocycles. The molecular formula is C21H30IN3O3S. The maximum Gasteiger partial charge on any atom is 0.190 e. The van der Waals surface area contributed by atoms with E-state index in [4.69, 9.17) is 4.74 Å². The lowest BCUT2D eigenvalue weighted by atomic mass is 10.1. The van der Waals surface area contributed by atoms with Crippen molar-refractivity contribution < 1.29 is 13.2 Å². The Hall–Kier alpha value is -1.81. The Labute approximate surface area is 191 Å². The van der Waals surface area contributed by atoms with E-state index >= 15 is 0 Å². The zero-order valence-electron chi connectivity index (χ0n) is 16.9. The predicted octanol–water partition coefficient (Wildman–Crippen LogP) is 3.03. The van der Waals surface area contributed by atoms with Crippen LogP contribution in [0.1, 0.15) is 17.5 Å². The number of hydrogen-bond donors (Lipinski definition) is 2. The highest BCUT2D eigenvalue weighted by molar-refractivity contribution is 14.0. The third-order valence-electron chi connectivity index (χ3n) is 4.24. The first-order valence-electron chi connectivity index (χ1n) is 9.34. The molecule has 0 unspecified atom stereocenters. The summed E-state index contributed by atoms with van der Waals surface area (Å²) in [7, 11) is 0.247. The topological polar surface area (TPSA) is 79.8 Å². The number of benzene rings is 2. The molecule has 2 N–H and O–H groups in total. The minimum atomic E-state index is -3.11. The third-order valence-corrected chi connectivity index (χ3v) is 5.93. The van der Waals surface area contributed by atoms with Gasteiger partial charge in [-0.25, -0.2) is 8.42 Å². The van der Waals surface area contributed by atoms with E-state index in [1.807, 2.05) is 54.6 Å². The molecular weight excluding hydrogens is 501 g/mol. The number of nitrogens with zero attached hydrogens (tertiary/aromatic N) is 1. The molecule has 0 aliphatic heterocycles.